The molecular weight excluding hydrogens is 344 g/mol. The van der Waals surface area contributed by atoms with Crippen molar-refractivity contribution in [1.29, 1.82) is 0 Å². The quantitative estimate of drug-likeness (QED) is 0.352. The monoisotopic (exact) mass is 358 g/mol. The van der Waals surface area contributed by atoms with Gasteiger partial charge in [-0.05, 0) is 40.5 Å². The second kappa shape index (κ2) is 4.93. The summed E-state index contributed by atoms with van der Waals surface area (Å²) in [6.45, 7) is 0. The zero-order valence-corrected chi connectivity index (χ0v) is 14.9. The first-order valence-corrected chi connectivity index (χ1v) is 9.43. The van der Waals surface area contributed by atoms with E-state index in [9.17, 15) is 0 Å². The minimum atomic E-state index is 0.899. The number of rotatable bonds is 0. The van der Waals surface area contributed by atoms with Crippen LogP contribution in [0.4, 0.5) is 0 Å². The lowest BCUT2D eigenvalue weighted by atomic mass is 10.1. The zero-order chi connectivity index (χ0) is 18.2. The number of hydrogen-bond acceptors (Lipinski definition) is 3. The summed E-state index contributed by atoms with van der Waals surface area (Å²) in [6, 6.07) is 19.2. The van der Waals surface area contributed by atoms with Gasteiger partial charge in [-0.15, -0.1) is 0 Å². The standard InChI is InChI=1S/C24H14N4/c1-2-5-15-14(4-1)12-19-16(15)7-8-20-22(19)27-24-23-18(6-3-10-26-23)17-9-11-25-13-21(17)28(20)24/h1-11,13H,12H2. The van der Waals surface area contributed by atoms with Gasteiger partial charge in [0.2, 0.25) is 0 Å². The first-order valence-electron chi connectivity index (χ1n) is 9.43. The van der Waals surface area contributed by atoms with Crippen LogP contribution in [0, 0.1) is 0 Å². The molecule has 4 aromatic heterocycles. The van der Waals surface area contributed by atoms with Crippen molar-refractivity contribution in [3.63, 3.8) is 0 Å². The Hall–Kier alpha value is -3.79. The van der Waals surface area contributed by atoms with Gasteiger partial charge in [-0.1, -0.05) is 36.4 Å². The first kappa shape index (κ1) is 14.3. The molecule has 4 heteroatoms. The maximum atomic E-state index is 5.12. The second-order valence-corrected chi connectivity index (χ2v) is 7.36. The molecule has 0 unspecified atom stereocenters. The fraction of sp³-hybridized carbons (Fsp3) is 0.0417. The van der Waals surface area contributed by atoms with Gasteiger partial charge in [0.05, 0.1) is 22.7 Å². The van der Waals surface area contributed by atoms with E-state index in [1.54, 1.807) is 0 Å². The van der Waals surface area contributed by atoms with E-state index in [-0.39, 0.29) is 0 Å². The predicted octanol–water partition coefficient (Wildman–Crippen LogP) is 5.16. The molecule has 0 spiro atoms. The highest BCUT2D eigenvalue weighted by Gasteiger charge is 2.23. The van der Waals surface area contributed by atoms with Crippen molar-refractivity contribution < 1.29 is 0 Å². The van der Waals surface area contributed by atoms with Gasteiger partial charge in [0.25, 0.3) is 0 Å². The van der Waals surface area contributed by atoms with Gasteiger partial charge < -0.3 is 0 Å². The van der Waals surface area contributed by atoms with Crippen LogP contribution in [0.15, 0.2) is 73.2 Å². The molecule has 1 aliphatic carbocycles. The van der Waals surface area contributed by atoms with Crippen molar-refractivity contribution in [2.24, 2.45) is 0 Å². The normalized spacial score (nSPS) is 12.9. The molecule has 0 fully saturated rings. The molecule has 0 aliphatic heterocycles. The van der Waals surface area contributed by atoms with Crippen LogP contribution in [0.3, 0.4) is 0 Å². The maximum Gasteiger partial charge on any atom is 0.165 e. The highest BCUT2D eigenvalue weighted by Crippen LogP contribution is 2.41. The summed E-state index contributed by atoms with van der Waals surface area (Å²) in [5.41, 5.74) is 10.4. The van der Waals surface area contributed by atoms with Gasteiger partial charge in [-0.2, -0.15) is 0 Å². The third-order valence-electron chi connectivity index (χ3n) is 5.96. The lowest BCUT2D eigenvalue weighted by Crippen LogP contribution is -1.93. The van der Waals surface area contributed by atoms with E-state index in [0.717, 1.165) is 44.9 Å². The van der Waals surface area contributed by atoms with Gasteiger partial charge in [-0.25, -0.2) is 4.98 Å². The van der Waals surface area contributed by atoms with Crippen molar-refractivity contribution >= 4 is 38.5 Å². The smallest absolute Gasteiger partial charge is 0.165 e. The van der Waals surface area contributed by atoms with E-state index in [0.29, 0.717) is 0 Å². The first-order chi connectivity index (χ1) is 13.9. The Labute approximate surface area is 160 Å². The van der Waals surface area contributed by atoms with Crippen molar-refractivity contribution in [2.45, 2.75) is 6.42 Å². The van der Waals surface area contributed by atoms with E-state index in [4.69, 9.17) is 4.98 Å². The molecule has 0 saturated carbocycles. The second-order valence-electron chi connectivity index (χ2n) is 7.36. The third kappa shape index (κ3) is 1.63. The van der Waals surface area contributed by atoms with Crippen LogP contribution in [0.5, 0.6) is 0 Å². The summed E-state index contributed by atoms with van der Waals surface area (Å²) in [6.07, 6.45) is 6.54. The summed E-state index contributed by atoms with van der Waals surface area (Å²) in [5, 5.41) is 2.26. The van der Waals surface area contributed by atoms with Crippen molar-refractivity contribution in [3.8, 4) is 11.1 Å². The van der Waals surface area contributed by atoms with Crippen molar-refractivity contribution in [1.82, 2.24) is 19.4 Å². The fourth-order valence-corrected chi connectivity index (χ4v) is 4.75. The Bertz CT molecular complexity index is 1590. The minimum absolute atomic E-state index is 0.899. The van der Waals surface area contributed by atoms with E-state index in [2.05, 4.69) is 62.9 Å². The topological polar surface area (TPSA) is 43.1 Å². The van der Waals surface area contributed by atoms with E-state index in [1.807, 2.05) is 24.7 Å². The Kier molecular flexibility index (Phi) is 2.51. The van der Waals surface area contributed by atoms with Crippen LogP contribution in [0.25, 0.3) is 49.6 Å². The molecule has 6 aromatic rings. The molecule has 7 rings (SSSR count). The molecule has 0 N–H and O–H groups in total. The number of fused-ring (bicyclic) bond motifs is 12. The van der Waals surface area contributed by atoms with Crippen LogP contribution in [0.2, 0.25) is 0 Å². The summed E-state index contributed by atoms with van der Waals surface area (Å²) >= 11 is 0. The van der Waals surface area contributed by atoms with Crippen LogP contribution in [-0.4, -0.2) is 19.4 Å². The number of hydrogen-bond donors (Lipinski definition) is 0. The van der Waals surface area contributed by atoms with Crippen LogP contribution in [0.1, 0.15) is 11.1 Å². The number of aromatic nitrogens is 4. The van der Waals surface area contributed by atoms with E-state index >= 15 is 0 Å². The Balaban J connectivity index is 1.72. The molecule has 4 nitrogen and oxygen atoms in total. The van der Waals surface area contributed by atoms with E-state index in [1.165, 1.54) is 22.3 Å². The highest BCUT2D eigenvalue weighted by molar-refractivity contribution is 6.12. The number of imidazole rings is 1. The Morgan fingerprint density at radius 2 is 1.71 bits per heavy atom. The molecule has 28 heavy (non-hydrogen) atoms. The van der Waals surface area contributed by atoms with Gasteiger partial charge in [-0.3, -0.25) is 14.4 Å². The Morgan fingerprint density at radius 3 is 2.71 bits per heavy atom. The summed E-state index contributed by atoms with van der Waals surface area (Å²) in [4.78, 5) is 14.2. The van der Waals surface area contributed by atoms with Crippen LogP contribution in [-0.2, 0) is 6.42 Å². The predicted molar refractivity (Wildman–Crippen MR) is 112 cm³/mol. The molecule has 4 heterocycles. The molecule has 0 atom stereocenters. The molecule has 0 saturated heterocycles. The fourth-order valence-electron chi connectivity index (χ4n) is 4.75. The number of benzene rings is 2. The Morgan fingerprint density at radius 1 is 0.750 bits per heavy atom. The average Bonchev–Trinajstić information content (AvgIpc) is 3.33. The summed E-state index contributed by atoms with van der Waals surface area (Å²) in [5.74, 6) is 0. The molecule has 0 bridgehead atoms. The van der Waals surface area contributed by atoms with Crippen molar-refractivity contribution in [3.05, 3.63) is 84.3 Å². The van der Waals surface area contributed by atoms with Crippen LogP contribution < -0.4 is 0 Å². The largest absolute Gasteiger partial charge is 0.289 e. The summed E-state index contributed by atoms with van der Waals surface area (Å²) in [7, 11) is 0. The minimum Gasteiger partial charge on any atom is -0.289 e. The SMILES string of the molecule is c1ccc2c(c1)Cc1c-2ccc2c1nc1c3ncccc3c3ccncc3n21. The zero-order valence-electron chi connectivity index (χ0n) is 14.9. The molecule has 2 aromatic carbocycles. The number of nitrogens with zero attached hydrogens (tertiary/aromatic N) is 4. The molecular formula is C24H14N4. The van der Waals surface area contributed by atoms with Gasteiger partial charge in [0, 0.05) is 29.6 Å². The molecule has 0 radical (unpaired) electrons. The lowest BCUT2D eigenvalue weighted by Gasteiger charge is -2.07. The van der Waals surface area contributed by atoms with Crippen LogP contribution >= 0.6 is 0 Å². The summed E-state index contributed by atoms with van der Waals surface area (Å²) < 4.78 is 2.22. The van der Waals surface area contributed by atoms with Gasteiger partial charge in [0.15, 0.2) is 5.65 Å². The number of pyridine rings is 3. The molecule has 130 valence electrons. The molecule has 0 amide bonds. The average molecular weight is 358 g/mol. The molecule has 1 aliphatic rings. The maximum absolute atomic E-state index is 5.12. The van der Waals surface area contributed by atoms with E-state index < -0.39 is 0 Å². The lowest BCUT2D eigenvalue weighted by molar-refractivity contribution is 1.25. The highest BCUT2D eigenvalue weighted by atomic mass is 15.0. The van der Waals surface area contributed by atoms with Gasteiger partial charge >= 0.3 is 0 Å². The van der Waals surface area contributed by atoms with Crippen molar-refractivity contribution in [2.75, 3.05) is 0 Å². The van der Waals surface area contributed by atoms with Gasteiger partial charge in [0.1, 0.15) is 5.52 Å². The third-order valence-corrected chi connectivity index (χ3v) is 5.96.